The Kier molecular flexibility index (Phi) is 5.39. The molecule has 1 unspecified atom stereocenters. The first-order valence-corrected chi connectivity index (χ1v) is 8.04. The van der Waals surface area contributed by atoms with E-state index in [0.29, 0.717) is 25.3 Å². The van der Waals surface area contributed by atoms with Crippen molar-refractivity contribution >= 4 is 27.8 Å². The smallest absolute Gasteiger partial charge is 0.310 e. The number of hydrogen-bond donors (Lipinski definition) is 0. The molecule has 0 aliphatic carbocycles. The average Bonchev–Trinajstić information content (AvgIpc) is 2.47. The molecule has 4 nitrogen and oxygen atoms in total. The number of carbonyl (C=O) groups is 2. The first kappa shape index (κ1) is 16.0. The van der Waals surface area contributed by atoms with Crippen LogP contribution >= 0.6 is 15.9 Å². The molecule has 21 heavy (non-hydrogen) atoms. The van der Waals surface area contributed by atoms with Crippen molar-refractivity contribution in [3.05, 3.63) is 33.8 Å². The van der Waals surface area contributed by atoms with Gasteiger partial charge in [0.1, 0.15) is 0 Å². The Labute approximate surface area is 133 Å². The van der Waals surface area contributed by atoms with Crippen molar-refractivity contribution in [2.75, 3.05) is 19.7 Å². The summed E-state index contributed by atoms with van der Waals surface area (Å²) in [6.07, 6.45) is 1.62. The molecule has 1 aromatic rings. The van der Waals surface area contributed by atoms with Crippen molar-refractivity contribution in [1.82, 2.24) is 4.90 Å². The first-order valence-electron chi connectivity index (χ1n) is 7.25. The molecule has 114 valence electrons. The van der Waals surface area contributed by atoms with Crippen molar-refractivity contribution in [3.63, 3.8) is 0 Å². The van der Waals surface area contributed by atoms with E-state index in [-0.39, 0.29) is 17.8 Å². The molecule has 1 saturated heterocycles. The van der Waals surface area contributed by atoms with Crippen LogP contribution in [-0.2, 0) is 9.53 Å². The van der Waals surface area contributed by atoms with E-state index in [1.165, 1.54) is 0 Å². The number of carbonyl (C=O) groups excluding carboxylic acids is 2. The van der Waals surface area contributed by atoms with Crippen LogP contribution in [0.2, 0.25) is 0 Å². The number of ether oxygens (including phenoxy) is 1. The van der Waals surface area contributed by atoms with Gasteiger partial charge in [0.05, 0.1) is 18.1 Å². The van der Waals surface area contributed by atoms with Crippen LogP contribution in [0.4, 0.5) is 0 Å². The third kappa shape index (κ3) is 3.84. The van der Waals surface area contributed by atoms with Gasteiger partial charge in [0.15, 0.2) is 0 Å². The monoisotopic (exact) mass is 353 g/mol. The highest BCUT2D eigenvalue weighted by Gasteiger charge is 2.30. The van der Waals surface area contributed by atoms with Gasteiger partial charge in [-0.1, -0.05) is 6.07 Å². The molecule has 0 aromatic heterocycles. The predicted octanol–water partition coefficient (Wildman–Crippen LogP) is 3.17. The van der Waals surface area contributed by atoms with Gasteiger partial charge < -0.3 is 9.64 Å². The molecule has 0 bridgehead atoms. The molecule has 1 aromatic carbocycles. The summed E-state index contributed by atoms with van der Waals surface area (Å²) in [5.41, 5.74) is 1.74. The molecule has 0 N–H and O–H groups in total. The second-order valence-electron chi connectivity index (χ2n) is 5.33. The molecule has 0 saturated carbocycles. The minimum atomic E-state index is -0.202. The summed E-state index contributed by atoms with van der Waals surface area (Å²) in [5.74, 6) is -0.430. The quantitative estimate of drug-likeness (QED) is 0.784. The van der Waals surface area contributed by atoms with E-state index >= 15 is 0 Å². The minimum absolute atomic E-state index is 0.0316. The van der Waals surface area contributed by atoms with Gasteiger partial charge in [0.2, 0.25) is 0 Å². The lowest BCUT2D eigenvalue weighted by Gasteiger charge is -2.31. The summed E-state index contributed by atoms with van der Waals surface area (Å²) < 4.78 is 5.87. The van der Waals surface area contributed by atoms with E-state index in [4.69, 9.17) is 4.74 Å². The Morgan fingerprint density at radius 2 is 2.19 bits per heavy atom. The van der Waals surface area contributed by atoms with Gasteiger partial charge in [-0.2, -0.15) is 0 Å². The highest BCUT2D eigenvalue weighted by atomic mass is 79.9. The molecule has 0 spiro atoms. The fraction of sp³-hybridized carbons (Fsp3) is 0.500. The van der Waals surface area contributed by atoms with Crippen molar-refractivity contribution in [2.45, 2.75) is 26.7 Å². The Balaban J connectivity index is 2.10. The van der Waals surface area contributed by atoms with Gasteiger partial charge in [0, 0.05) is 17.6 Å². The van der Waals surface area contributed by atoms with Crippen LogP contribution in [0.15, 0.2) is 22.7 Å². The fourth-order valence-electron chi connectivity index (χ4n) is 2.58. The lowest BCUT2D eigenvalue weighted by atomic mass is 9.97. The van der Waals surface area contributed by atoms with Crippen molar-refractivity contribution in [1.29, 1.82) is 0 Å². The van der Waals surface area contributed by atoms with E-state index in [2.05, 4.69) is 15.9 Å². The van der Waals surface area contributed by atoms with Gasteiger partial charge in [-0.25, -0.2) is 0 Å². The number of nitrogens with zero attached hydrogens (tertiary/aromatic N) is 1. The van der Waals surface area contributed by atoms with Crippen LogP contribution in [0.1, 0.15) is 35.7 Å². The molecular formula is C16H20BrNO3. The number of benzene rings is 1. The van der Waals surface area contributed by atoms with Gasteiger partial charge in [0.25, 0.3) is 5.91 Å². The summed E-state index contributed by atoms with van der Waals surface area (Å²) in [5, 5.41) is 0. The maximum atomic E-state index is 12.6. The number of esters is 1. The molecule has 0 radical (unpaired) electrons. The summed E-state index contributed by atoms with van der Waals surface area (Å²) in [6.45, 7) is 5.30. The topological polar surface area (TPSA) is 46.6 Å². The summed E-state index contributed by atoms with van der Waals surface area (Å²) >= 11 is 3.44. The maximum absolute atomic E-state index is 12.6. The highest BCUT2D eigenvalue weighted by molar-refractivity contribution is 9.10. The summed E-state index contributed by atoms with van der Waals surface area (Å²) in [6, 6.07) is 5.68. The van der Waals surface area contributed by atoms with Crippen LogP contribution in [0.5, 0.6) is 0 Å². The fourth-order valence-corrected chi connectivity index (χ4v) is 3.24. The Morgan fingerprint density at radius 1 is 1.43 bits per heavy atom. The third-order valence-electron chi connectivity index (χ3n) is 3.68. The molecular weight excluding hydrogens is 334 g/mol. The molecule has 2 rings (SSSR count). The summed E-state index contributed by atoms with van der Waals surface area (Å²) in [4.78, 5) is 26.2. The van der Waals surface area contributed by atoms with Gasteiger partial charge >= 0.3 is 5.97 Å². The Morgan fingerprint density at radius 3 is 2.86 bits per heavy atom. The second-order valence-corrected chi connectivity index (χ2v) is 6.18. The van der Waals surface area contributed by atoms with Crippen LogP contribution in [0, 0.1) is 12.8 Å². The van der Waals surface area contributed by atoms with Crippen LogP contribution in [-0.4, -0.2) is 36.5 Å². The number of likely N-dealkylation sites (tertiary alicyclic amines) is 1. The van der Waals surface area contributed by atoms with E-state index in [1.807, 2.05) is 25.1 Å². The van der Waals surface area contributed by atoms with Crippen LogP contribution < -0.4 is 0 Å². The molecule has 1 atom stereocenters. The number of halogens is 1. The van der Waals surface area contributed by atoms with Crippen LogP contribution in [0.25, 0.3) is 0 Å². The Hall–Kier alpha value is -1.36. The van der Waals surface area contributed by atoms with E-state index in [1.54, 1.807) is 11.8 Å². The van der Waals surface area contributed by atoms with Crippen LogP contribution in [0.3, 0.4) is 0 Å². The number of rotatable bonds is 3. The highest BCUT2D eigenvalue weighted by Crippen LogP contribution is 2.24. The molecule has 5 heteroatoms. The zero-order valence-electron chi connectivity index (χ0n) is 12.4. The number of amides is 1. The largest absolute Gasteiger partial charge is 0.466 e. The number of piperidine rings is 1. The summed E-state index contributed by atoms with van der Waals surface area (Å²) in [7, 11) is 0. The van der Waals surface area contributed by atoms with Crippen molar-refractivity contribution < 1.29 is 14.3 Å². The standard InChI is InChI=1S/C16H20BrNO3/c1-3-21-16(20)12-5-4-8-18(10-12)15(19)13-7-6-11(2)9-14(13)17/h6-7,9,12H,3-5,8,10H2,1-2H3. The van der Waals surface area contributed by atoms with Gasteiger partial charge in [-0.3, -0.25) is 9.59 Å². The predicted molar refractivity (Wildman–Crippen MR) is 84.1 cm³/mol. The average molecular weight is 354 g/mol. The molecule has 1 aliphatic heterocycles. The van der Waals surface area contributed by atoms with Crippen molar-refractivity contribution in [3.8, 4) is 0 Å². The lowest BCUT2D eigenvalue weighted by molar-refractivity contribution is -0.149. The SMILES string of the molecule is CCOC(=O)C1CCCN(C(=O)c2ccc(C)cc2Br)C1. The minimum Gasteiger partial charge on any atom is -0.466 e. The third-order valence-corrected chi connectivity index (χ3v) is 4.34. The molecule has 1 aliphatic rings. The Bertz CT molecular complexity index is 544. The number of aryl methyl sites for hydroxylation is 1. The van der Waals surface area contributed by atoms with Gasteiger partial charge in [-0.15, -0.1) is 0 Å². The second kappa shape index (κ2) is 7.07. The molecule has 1 amide bonds. The van der Waals surface area contributed by atoms with E-state index in [0.717, 1.165) is 22.9 Å². The van der Waals surface area contributed by atoms with Crippen molar-refractivity contribution in [2.24, 2.45) is 5.92 Å². The zero-order valence-corrected chi connectivity index (χ0v) is 14.0. The molecule has 1 fully saturated rings. The molecule has 1 heterocycles. The zero-order chi connectivity index (χ0) is 15.4. The van der Waals surface area contributed by atoms with E-state index < -0.39 is 0 Å². The van der Waals surface area contributed by atoms with E-state index in [9.17, 15) is 9.59 Å². The maximum Gasteiger partial charge on any atom is 0.310 e. The first-order chi connectivity index (χ1) is 10.0. The lowest BCUT2D eigenvalue weighted by Crippen LogP contribution is -2.42. The number of hydrogen-bond acceptors (Lipinski definition) is 3. The van der Waals surface area contributed by atoms with Gasteiger partial charge in [-0.05, 0) is 60.3 Å². The normalized spacial score (nSPS) is 18.4.